The molecule has 1 N–H and O–H groups in total. The molecular weight excluding hydrogens is 98.1 g/mol. The van der Waals surface area contributed by atoms with Gasteiger partial charge in [-0.05, 0) is 25.7 Å². The number of rotatable bonds is 3. The van der Waals surface area contributed by atoms with Crippen molar-refractivity contribution in [2.75, 3.05) is 0 Å². The largest absolute Gasteiger partial charge is 0.310 e. The molecule has 1 nitrogen and oxygen atoms in total. The first-order valence-corrected chi connectivity index (χ1v) is 3.27. The minimum Gasteiger partial charge on any atom is -0.310 e. The van der Waals surface area contributed by atoms with Crippen LogP contribution in [-0.4, -0.2) is 5.71 Å². The molecule has 0 heterocycles. The molecule has 0 aliphatic carbocycles. The van der Waals surface area contributed by atoms with E-state index in [4.69, 9.17) is 5.41 Å². The van der Waals surface area contributed by atoms with Gasteiger partial charge in [0.15, 0.2) is 0 Å². The van der Waals surface area contributed by atoms with Crippen molar-refractivity contribution in [3.8, 4) is 0 Å². The van der Waals surface area contributed by atoms with Crippen molar-refractivity contribution in [1.82, 2.24) is 0 Å². The van der Waals surface area contributed by atoms with E-state index in [1.807, 2.05) is 6.92 Å². The van der Waals surface area contributed by atoms with E-state index >= 15 is 0 Å². The molecule has 0 saturated heterocycles. The van der Waals surface area contributed by atoms with Crippen LogP contribution in [0.3, 0.4) is 0 Å². The first-order valence-electron chi connectivity index (χ1n) is 3.27. The molecule has 8 heavy (non-hydrogen) atoms. The van der Waals surface area contributed by atoms with Gasteiger partial charge in [-0.3, -0.25) is 0 Å². The highest BCUT2D eigenvalue weighted by Crippen LogP contribution is 2.07. The number of hydrogen-bond acceptors (Lipinski definition) is 1. The molecule has 0 aliphatic heterocycles. The van der Waals surface area contributed by atoms with Crippen molar-refractivity contribution < 1.29 is 0 Å². The summed E-state index contributed by atoms with van der Waals surface area (Å²) >= 11 is 0. The second kappa shape index (κ2) is 3.65. The van der Waals surface area contributed by atoms with Crippen LogP contribution in [0.25, 0.3) is 0 Å². The maximum absolute atomic E-state index is 7.25. The van der Waals surface area contributed by atoms with Crippen molar-refractivity contribution in [2.24, 2.45) is 5.92 Å². The van der Waals surface area contributed by atoms with Gasteiger partial charge in [0.05, 0.1) is 0 Å². The predicted molar refractivity (Wildman–Crippen MR) is 37.5 cm³/mol. The Kier molecular flexibility index (Phi) is 3.49. The highest BCUT2D eigenvalue weighted by atomic mass is 14.4. The molecule has 0 aliphatic rings. The first-order chi connectivity index (χ1) is 3.72. The molecule has 0 fully saturated rings. The molecule has 0 aromatic heterocycles. The number of nitrogens with one attached hydrogen (secondary N) is 1. The van der Waals surface area contributed by atoms with Gasteiger partial charge in [-0.2, -0.15) is 0 Å². The van der Waals surface area contributed by atoms with Crippen LogP contribution in [0.5, 0.6) is 0 Å². The lowest BCUT2D eigenvalue weighted by Gasteiger charge is -2.07. The van der Waals surface area contributed by atoms with Gasteiger partial charge in [0, 0.05) is 5.71 Å². The Morgan fingerprint density at radius 1 is 1.38 bits per heavy atom. The molecule has 0 atom stereocenters. The van der Waals surface area contributed by atoms with E-state index in [2.05, 4.69) is 13.8 Å². The maximum atomic E-state index is 7.25. The van der Waals surface area contributed by atoms with E-state index < -0.39 is 0 Å². The van der Waals surface area contributed by atoms with E-state index in [0.29, 0.717) is 5.92 Å². The van der Waals surface area contributed by atoms with E-state index in [-0.39, 0.29) is 0 Å². The molecular formula is C7H15N. The summed E-state index contributed by atoms with van der Waals surface area (Å²) in [6.45, 7) is 6.15. The summed E-state index contributed by atoms with van der Waals surface area (Å²) in [4.78, 5) is 0. The van der Waals surface area contributed by atoms with Gasteiger partial charge in [0.2, 0.25) is 0 Å². The molecule has 0 unspecified atom stereocenters. The van der Waals surface area contributed by atoms with Crippen LogP contribution in [0.2, 0.25) is 0 Å². The van der Waals surface area contributed by atoms with Crippen LogP contribution in [0.4, 0.5) is 0 Å². The summed E-state index contributed by atoms with van der Waals surface area (Å²) in [6, 6.07) is 0. The van der Waals surface area contributed by atoms with Gasteiger partial charge in [0.25, 0.3) is 0 Å². The van der Waals surface area contributed by atoms with E-state index in [1.165, 1.54) is 0 Å². The highest BCUT2D eigenvalue weighted by molar-refractivity contribution is 5.80. The molecule has 0 bridgehead atoms. The minimum atomic E-state index is 0.537. The smallest absolute Gasteiger partial charge is 0.00889 e. The minimum absolute atomic E-state index is 0.537. The Morgan fingerprint density at radius 3 is 1.75 bits per heavy atom. The summed E-state index contributed by atoms with van der Waals surface area (Å²) < 4.78 is 0. The van der Waals surface area contributed by atoms with Crippen molar-refractivity contribution in [3.63, 3.8) is 0 Å². The van der Waals surface area contributed by atoms with Crippen LogP contribution in [0.15, 0.2) is 0 Å². The van der Waals surface area contributed by atoms with Crippen LogP contribution < -0.4 is 0 Å². The van der Waals surface area contributed by atoms with Crippen molar-refractivity contribution in [2.45, 2.75) is 33.6 Å². The molecule has 1 heteroatoms. The third-order valence-electron chi connectivity index (χ3n) is 1.60. The Balaban J connectivity index is 3.52. The summed E-state index contributed by atoms with van der Waals surface area (Å²) in [6.07, 6.45) is 2.23. The Bertz CT molecular complexity index is 72.5. The lowest BCUT2D eigenvalue weighted by Crippen LogP contribution is -2.06. The zero-order valence-electron chi connectivity index (χ0n) is 5.99. The maximum Gasteiger partial charge on any atom is 0.00889 e. The van der Waals surface area contributed by atoms with Crippen molar-refractivity contribution in [1.29, 1.82) is 5.41 Å². The third kappa shape index (κ3) is 2.10. The molecule has 0 rings (SSSR count). The lowest BCUT2D eigenvalue weighted by atomic mass is 9.99. The second-order valence-electron chi connectivity index (χ2n) is 2.20. The Labute approximate surface area is 51.6 Å². The monoisotopic (exact) mass is 113 g/mol. The summed E-state index contributed by atoms with van der Waals surface area (Å²) in [5.41, 5.74) is 0.829. The Morgan fingerprint density at radius 2 is 1.75 bits per heavy atom. The van der Waals surface area contributed by atoms with Gasteiger partial charge >= 0.3 is 0 Å². The molecule has 0 amide bonds. The summed E-state index contributed by atoms with van der Waals surface area (Å²) in [5, 5.41) is 7.25. The normalized spacial score (nSPS) is 10.0. The van der Waals surface area contributed by atoms with Gasteiger partial charge in [-0.15, -0.1) is 0 Å². The van der Waals surface area contributed by atoms with Crippen molar-refractivity contribution >= 4 is 5.71 Å². The van der Waals surface area contributed by atoms with Crippen LogP contribution in [0, 0.1) is 11.3 Å². The molecule has 0 spiro atoms. The van der Waals surface area contributed by atoms with E-state index in [0.717, 1.165) is 18.6 Å². The molecule has 0 radical (unpaired) electrons. The first kappa shape index (κ1) is 7.67. The molecule has 0 saturated carbocycles. The fraction of sp³-hybridized carbons (Fsp3) is 0.857. The summed E-state index contributed by atoms with van der Waals surface area (Å²) in [5.74, 6) is 0.537. The van der Waals surface area contributed by atoms with E-state index in [1.54, 1.807) is 0 Å². The molecule has 48 valence electrons. The fourth-order valence-electron chi connectivity index (χ4n) is 0.901. The summed E-state index contributed by atoms with van der Waals surface area (Å²) in [7, 11) is 0. The van der Waals surface area contributed by atoms with E-state index in [9.17, 15) is 0 Å². The van der Waals surface area contributed by atoms with Crippen LogP contribution >= 0.6 is 0 Å². The lowest BCUT2D eigenvalue weighted by molar-refractivity contribution is 0.637. The van der Waals surface area contributed by atoms with Gasteiger partial charge in [-0.1, -0.05) is 13.8 Å². The standard InChI is InChI=1S/C7H15N/c1-4-7(5-2)6(3)8/h7-8H,4-5H2,1-3H3. The highest BCUT2D eigenvalue weighted by Gasteiger charge is 2.02. The predicted octanol–water partition coefficient (Wildman–Crippen LogP) is 2.46. The van der Waals surface area contributed by atoms with Crippen molar-refractivity contribution in [3.05, 3.63) is 0 Å². The SMILES string of the molecule is CCC(CC)C(C)=N. The van der Waals surface area contributed by atoms with Crippen LogP contribution in [0.1, 0.15) is 33.6 Å². The molecule has 0 aromatic rings. The average molecular weight is 113 g/mol. The quantitative estimate of drug-likeness (QED) is 0.544. The molecule has 0 aromatic carbocycles. The zero-order valence-corrected chi connectivity index (χ0v) is 5.99. The van der Waals surface area contributed by atoms with Gasteiger partial charge in [0.1, 0.15) is 0 Å². The fourth-order valence-corrected chi connectivity index (χ4v) is 0.901. The number of hydrogen-bond donors (Lipinski definition) is 1. The van der Waals surface area contributed by atoms with Crippen LogP contribution in [-0.2, 0) is 0 Å². The topological polar surface area (TPSA) is 23.9 Å². The average Bonchev–Trinajstić information content (AvgIpc) is 1.69. The van der Waals surface area contributed by atoms with Gasteiger partial charge < -0.3 is 5.41 Å². The third-order valence-corrected chi connectivity index (χ3v) is 1.60. The second-order valence-corrected chi connectivity index (χ2v) is 2.20. The Hall–Kier alpha value is -0.330. The zero-order chi connectivity index (χ0) is 6.57. The van der Waals surface area contributed by atoms with Gasteiger partial charge in [-0.25, -0.2) is 0 Å².